The first-order chi connectivity index (χ1) is 12.7. The Bertz CT molecular complexity index is 770. The molecule has 1 N–H and O–H groups in total. The van der Waals surface area contributed by atoms with E-state index in [0.717, 1.165) is 10.8 Å². The van der Waals surface area contributed by atoms with Gasteiger partial charge in [0.25, 0.3) is 5.91 Å². The SMILES string of the molecule is CCNC(=O)CN1CCN(C(=O)COc2ccc3ccccc3c2)CC1. The molecule has 0 radical (unpaired) electrons. The third-order valence-electron chi connectivity index (χ3n) is 4.55. The van der Waals surface area contributed by atoms with E-state index >= 15 is 0 Å². The smallest absolute Gasteiger partial charge is 0.260 e. The maximum Gasteiger partial charge on any atom is 0.260 e. The quantitative estimate of drug-likeness (QED) is 0.853. The molecule has 6 nitrogen and oxygen atoms in total. The molecule has 2 aromatic rings. The minimum absolute atomic E-state index is 0.0178. The molecule has 138 valence electrons. The predicted molar refractivity (Wildman–Crippen MR) is 101 cm³/mol. The Labute approximate surface area is 153 Å². The number of hydrogen-bond donors (Lipinski definition) is 1. The van der Waals surface area contributed by atoms with Gasteiger partial charge in [-0.2, -0.15) is 0 Å². The van der Waals surface area contributed by atoms with Crippen molar-refractivity contribution in [3.05, 3.63) is 42.5 Å². The standard InChI is InChI=1S/C20H25N3O3/c1-2-21-19(24)14-22-9-11-23(12-10-22)20(25)15-26-18-8-7-16-5-3-4-6-17(16)13-18/h3-8,13H,2,9-12,14-15H2,1H3,(H,21,24). The zero-order valence-corrected chi connectivity index (χ0v) is 15.1. The summed E-state index contributed by atoms with van der Waals surface area (Å²) >= 11 is 0. The number of amides is 2. The van der Waals surface area contributed by atoms with Crippen molar-refractivity contribution in [2.75, 3.05) is 45.9 Å². The normalized spacial score (nSPS) is 15.0. The fraction of sp³-hybridized carbons (Fsp3) is 0.400. The molecule has 0 atom stereocenters. The summed E-state index contributed by atoms with van der Waals surface area (Å²) in [6, 6.07) is 13.9. The molecule has 1 saturated heterocycles. The minimum atomic E-state index is -0.0178. The first kappa shape index (κ1) is 18.2. The molecular weight excluding hydrogens is 330 g/mol. The zero-order valence-electron chi connectivity index (χ0n) is 15.1. The maximum atomic E-state index is 12.4. The van der Waals surface area contributed by atoms with E-state index in [-0.39, 0.29) is 18.4 Å². The molecule has 26 heavy (non-hydrogen) atoms. The molecule has 0 aromatic heterocycles. The van der Waals surface area contributed by atoms with Crippen molar-refractivity contribution in [2.45, 2.75) is 6.92 Å². The Morgan fingerprint density at radius 3 is 2.50 bits per heavy atom. The van der Waals surface area contributed by atoms with E-state index in [1.165, 1.54) is 0 Å². The first-order valence-electron chi connectivity index (χ1n) is 9.04. The van der Waals surface area contributed by atoms with Crippen LogP contribution >= 0.6 is 0 Å². The average molecular weight is 355 g/mol. The predicted octanol–water partition coefficient (Wildman–Crippen LogP) is 1.50. The van der Waals surface area contributed by atoms with E-state index in [2.05, 4.69) is 10.2 Å². The van der Waals surface area contributed by atoms with Crippen molar-refractivity contribution in [1.82, 2.24) is 15.1 Å². The van der Waals surface area contributed by atoms with Gasteiger partial charge in [-0.15, -0.1) is 0 Å². The molecule has 0 bridgehead atoms. The van der Waals surface area contributed by atoms with Crippen LogP contribution in [-0.4, -0.2) is 67.5 Å². The van der Waals surface area contributed by atoms with E-state index < -0.39 is 0 Å². The molecule has 0 saturated carbocycles. The summed E-state index contributed by atoms with van der Waals surface area (Å²) in [5.74, 6) is 0.717. The van der Waals surface area contributed by atoms with Crippen LogP contribution in [0, 0.1) is 0 Å². The van der Waals surface area contributed by atoms with Gasteiger partial charge in [0.1, 0.15) is 5.75 Å². The number of nitrogens with one attached hydrogen (secondary N) is 1. The van der Waals surface area contributed by atoms with Crippen LogP contribution in [0.4, 0.5) is 0 Å². The molecule has 1 aliphatic rings. The van der Waals surface area contributed by atoms with Crippen molar-refractivity contribution in [3.8, 4) is 5.75 Å². The fourth-order valence-corrected chi connectivity index (χ4v) is 3.11. The second kappa shape index (κ2) is 8.67. The van der Waals surface area contributed by atoms with Gasteiger partial charge >= 0.3 is 0 Å². The number of hydrogen-bond acceptors (Lipinski definition) is 4. The highest BCUT2D eigenvalue weighted by Gasteiger charge is 2.22. The van der Waals surface area contributed by atoms with Crippen molar-refractivity contribution in [1.29, 1.82) is 0 Å². The number of ether oxygens (including phenoxy) is 1. The van der Waals surface area contributed by atoms with E-state index in [1.807, 2.05) is 49.4 Å². The average Bonchev–Trinajstić information content (AvgIpc) is 2.66. The summed E-state index contributed by atoms with van der Waals surface area (Å²) in [5.41, 5.74) is 0. The Hall–Kier alpha value is -2.60. The highest BCUT2D eigenvalue weighted by Crippen LogP contribution is 2.20. The molecule has 1 aliphatic heterocycles. The lowest BCUT2D eigenvalue weighted by atomic mass is 10.1. The van der Waals surface area contributed by atoms with Gasteiger partial charge in [-0.05, 0) is 29.8 Å². The third kappa shape index (κ3) is 4.73. The Kier molecular flexibility index (Phi) is 6.07. The summed E-state index contributed by atoms with van der Waals surface area (Å²) in [6.07, 6.45) is 0. The number of carbonyl (C=O) groups excluding carboxylic acids is 2. The largest absolute Gasteiger partial charge is 0.484 e. The van der Waals surface area contributed by atoms with E-state index in [9.17, 15) is 9.59 Å². The van der Waals surface area contributed by atoms with Crippen molar-refractivity contribution >= 4 is 22.6 Å². The molecule has 3 rings (SSSR count). The van der Waals surface area contributed by atoms with E-state index in [4.69, 9.17) is 4.74 Å². The molecule has 6 heteroatoms. The number of likely N-dealkylation sites (N-methyl/N-ethyl adjacent to an activating group) is 1. The third-order valence-corrected chi connectivity index (χ3v) is 4.55. The molecule has 1 heterocycles. The number of rotatable bonds is 6. The van der Waals surface area contributed by atoms with Crippen LogP contribution in [0.1, 0.15) is 6.92 Å². The van der Waals surface area contributed by atoms with Crippen molar-refractivity contribution < 1.29 is 14.3 Å². The van der Waals surface area contributed by atoms with Crippen LogP contribution in [0.15, 0.2) is 42.5 Å². The Morgan fingerprint density at radius 2 is 1.77 bits per heavy atom. The number of nitrogens with zero attached hydrogens (tertiary/aromatic N) is 2. The summed E-state index contributed by atoms with van der Waals surface area (Å²) in [5, 5.41) is 5.04. The minimum Gasteiger partial charge on any atom is -0.484 e. The fourth-order valence-electron chi connectivity index (χ4n) is 3.11. The lowest BCUT2D eigenvalue weighted by molar-refractivity contribution is -0.135. The van der Waals surface area contributed by atoms with E-state index in [0.29, 0.717) is 45.0 Å². The van der Waals surface area contributed by atoms with E-state index in [1.54, 1.807) is 4.90 Å². The van der Waals surface area contributed by atoms with Crippen LogP contribution in [0.5, 0.6) is 5.75 Å². The van der Waals surface area contributed by atoms with Crippen LogP contribution in [0.2, 0.25) is 0 Å². The van der Waals surface area contributed by atoms with Gasteiger partial charge in [-0.3, -0.25) is 14.5 Å². The van der Waals surface area contributed by atoms with Gasteiger partial charge in [0.15, 0.2) is 6.61 Å². The monoisotopic (exact) mass is 355 g/mol. The van der Waals surface area contributed by atoms with Gasteiger partial charge in [0.05, 0.1) is 6.54 Å². The first-order valence-corrected chi connectivity index (χ1v) is 9.04. The molecule has 0 aliphatic carbocycles. The number of benzene rings is 2. The van der Waals surface area contributed by atoms with Crippen LogP contribution in [0.3, 0.4) is 0 Å². The second-order valence-electron chi connectivity index (χ2n) is 6.41. The van der Waals surface area contributed by atoms with Crippen LogP contribution in [-0.2, 0) is 9.59 Å². The molecule has 0 unspecified atom stereocenters. The molecule has 2 amide bonds. The lowest BCUT2D eigenvalue weighted by Crippen LogP contribution is -2.52. The maximum absolute atomic E-state index is 12.4. The van der Waals surface area contributed by atoms with Gasteiger partial charge in [0.2, 0.25) is 5.91 Å². The van der Waals surface area contributed by atoms with Crippen LogP contribution < -0.4 is 10.1 Å². The summed E-state index contributed by atoms with van der Waals surface area (Å²) in [6.45, 7) is 5.64. The molecule has 0 spiro atoms. The number of fused-ring (bicyclic) bond motifs is 1. The van der Waals surface area contributed by atoms with Gasteiger partial charge in [-0.25, -0.2) is 0 Å². The lowest BCUT2D eigenvalue weighted by Gasteiger charge is -2.34. The topological polar surface area (TPSA) is 61.9 Å². The summed E-state index contributed by atoms with van der Waals surface area (Å²) in [7, 11) is 0. The van der Waals surface area contributed by atoms with Gasteiger partial charge in [0, 0.05) is 32.7 Å². The van der Waals surface area contributed by atoms with Crippen molar-refractivity contribution in [3.63, 3.8) is 0 Å². The molecule has 2 aromatic carbocycles. The van der Waals surface area contributed by atoms with Crippen molar-refractivity contribution in [2.24, 2.45) is 0 Å². The van der Waals surface area contributed by atoms with Crippen LogP contribution in [0.25, 0.3) is 10.8 Å². The van der Waals surface area contributed by atoms with Gasteiger partial charge in [-0.1, -0.05) is 30.3 Å². The summed E-state index contributed by atoms with van der Waals surface area (Å²) < 4.78 is 5.68. The Balaban J connectivity index is 1.46. The molecule has 1 fully saturated rings. The number of carbonyl (C=O) groups is 2. The highest BCUT2D eigenvalue weighted by atomic mass is 16.5. The second-order valence-corrected chi connectivity index (χ2v) is 6.41. The summed E-state index contributed by atoms with van der Waals surface area (Å²) in [4.78, 5) is 27.9. The number of piperazine rings is 1. The highest BCUT2D eigenvalue weighted by molar-refractivity contribution is 5.84. The van der Waals surface area contributed by atoms with Gasteiger partial charge < -0.3 is 15.0 Å². The molecular formula is C20H25N3O3. The zero-order chi connectivity index (χ0) is 18.4. The Morgan fingerprint density at radius 1 is 1.04 bits per heavy atom.